The number of Topliss-reactive ketones (excluding diaryl/α,β-unsaturated/α-hetero) is 1. The smallest absolute Gasteiger partial charge is 0.306 e. The van der Waals surface area contributed by atoms with Gasteiger partial charge in [0.05, 0.1) is 24.5 Å². The van der Waals surface area contributed by atoms with E-state index in [1.807, 2.05) is 26.8 Å². The number of hydrogen-bond acceptors (Lipinski definition) is 9. The number of rotatable bonds is 10. The zero-order valence-corrected chi connectivity index (χ0v) is 27.4. The lowest BCUT2D eigenvalue weighted by Crippen LogP contribution is -2.61. The molecule has 11 nitrogen and oxygen atoms in total. The molecule has 5 aliphatic rings. The second-order valence-corrected chi connectivity index (χ2v) is 15.3. The lowest BCUT2D eigenvalue weighted by atomic mass is 9.46. The molecule has 0 unspecified atom stereocenters. The summed E-state index contributed by atoms with van der Waals surface area (Å²) in [6, 6.07) is -0.604. The summed E-state index contributed by atoms with van der Waals surface area (Å²) in [4.78, 5) is 62.4. The van der Waals surface area contributed by atoms with Crippen molar-refractivity contribution < 1.29 is 48.8 Å². The topological polar surface area (TPSA) is 177 Å². The molecule has 3 saturated carbocycles. The SMILES string of the molecule is CC1(C)C[C@@H]([C@H](CC(=O)O)NC(=O)CCC(=O)OCC(=O)[C@@]2(O)CC[C@H]3[C@@H]4CCC5=CC(=O)C=C[C@]5(C)[C@H]4[C@@H](O)C[C@@]32C)CCO1. The average Bonchev–Trinajstić information content (AvgIpc) is 3.24. The molecule has 1 heterocycles. The number of hydrogen-bond donors (Lipinski definition) is 4. The molecule has 1 aliphatic heterocycles. The summed E-state index contributed by atoms with van der Waals surface area (Å²) >= 11 is 0. The summed E-state index contributed by atoms with van der Waals surface area (Å²) in [6.07, 6.45) is 7.28. The van der Waals surface area contributed by atoms with Gasteiger partial charge in [0.1, 0.15) is 5.60 Å². The third-order valence-corrected chi connectivity index (χ3v) is 12.1. The van der Waals surface area contributed by atoms with Gasteiger partial charge in [0, 0.05) is 35.8 Å². The Morgan fingerprint density at radius 2 is 1.83 bits per heavy atom. The fraction of sp³-hybridized carbons (Fsp3) is 0.743. The Labute approximate surface area is 270 Å². The van der Waals surface area contributed by atoms with Crippen LogP contribution in [0.25, 0.3) is 0 Å². The van der Waals surface area contributed by atoms with Gasteiger partial charge in [-0.3, -0.25) is 24.0 Å². The fourth-order valence-corrected chi connectivity index (χ4v) is 9.77. The first kappa shape index (κ1) is 34.4. The molecule has 0 aromatic rings. The van der Waals surface area contributed by atoms with E-state index in [-0.39, 0.29) is 61.6 Å². The van der Waals surface area contributed by atoms with Gasteiger partial charge in [-0.25, -0.2) is 0 Å². The number of aliphatic hydroxyl groups excluding tert-OH is 1. The minimum Gasteiger partial charge on any atom is -0.481 e. The van der Waals surface area contributed by atoms with Crippen molar-refractivity contribution in [2.24, 2.45) is 34.5 Å². The van der Waals surface area contributed by atoms with E-state index in [0.29, 0.717) is 32.3 Å². The van der Waals surface area contributed by atoms with Gasteiger partial charge in [-0.2, -0.15) is 0 Å². The van der Waals surface area contributed by atoms with E-state index in [0.717, 1.165) is 12.0 Å². The fourth-order valence-electron chi connectivity index (χ4n) is 9.77. The predicted molar refractivity (Wildman–Crippen MR) is 165 cm³/mol. The highest BCUT2D eigenvalue weighted by molar-refractivity contribution is 6.01. The van der Waals surface area contributed by atoms with Crippen LogP contribution in [0.15, 0.2) is 23.8 Å². The van der Waals surface area contributed by atoms with Gasteiger partial charge in [0.2, 0.25) is 11.7 Å². The predicted octanol–water partition coefficient (Wildman–Crippen LogP) is 3.05. The quantitative estimate of drug-likeness (QED) is 0.259. The lowest BCUT2D eigenvalue weighted by Gasteiger charge is -2.59. The second-order valence-electron chi connectivity index (χ2n) is 15.3. The third-order valence-electron chi connectivity index (χ3n) is 12.1. The molecule has 4 N–H and O–H groups in total. The number of carbonyl (C=O) groups excluding carboxylic acids is 4. The first-order valence-electron chi connectivity index (χ1n) is 16.7. The van der Waals surface area contributed by atoms with Crippen molar-refractivity contribution in [1.29, 1.82) is 0 Å². The number of carboxylic acid groups (broad SMARTS) is 1. The Morgan fingerprint density at radius 3 is 2.52 bits per heavy atom. The van der Waals surface area contributed by atoms with Gasteiger partial charge in [0.15, 0.2) is 12.4 Å². The second kappa shape index (κ2) is 12.6. The molecule has 11 heteroatoms. The van der Waals surface area contributed by atoms with E-state index >= 15 is 0 Å². The minimum absolute atomic E-state index is 0.0290. The highest BCUT2D eigenvalue weighted by atomic mass is 16.5. The van der Waals surface area contributed by atoms with E-state index in [1.54, 1.807) is 12.2 Å². The Morgan fingerprint density at radius 1 is 1.09 bits per heavy atom. The summed E-state index contributed by atoms with van der Waals surface area (Å²) in [6.45, 7) is 7.59. The van der Waals surface area contributed by atoms with Crippen LogP contribution in [0.4, 0.5) is 0 Å². The first-order valence-corrected chi connectivity index (χ1v) is 16.7. The van der Waals surface area contributed by atoms with E-state index in [1.165, 1.54) is 0 Å². The molecule has 4 aliphatic carbocycles. The number of carbonyl (C=O) groups is 5. The van der Waals surface area contributed by atoms with Crippen LogP contribution in [0, 0.1) is 34.5 Å². The van der Waals surface area contributed by atoms with Crippen molar-refractivity contribution in [1.82, 2.24) is 5.32 Å². The Hall–Kier alpha value is -2.89. The lowest BCUT2D eigenvalue weighted by molar-refractivity contribution is -0.181. The highest BCUT2D eigenvalue weighted by Gasteiger charge is 2.68. The normalized spacial score (nSPS) is 38.4. The van der Waals surface area contributed by atoms with Crippen molar-refractivity contribution in [2.45, 2.75) is 115 Å². The average molecular weight is 644 g/mol. The standard InChI is InChI=1S/C35H49NO10/c1-32(2)17-20(11-14-46-32)25(16-29(41)42)36-28(40)7-8-30(43)45-19-27(39)35(44)13-10-24-23-6-5-21-15-22(37)9-12-33(21,3)31(23)26(38)18-34(24,35)4/h9,12,15,20,23-26,31,38,44H,5-8,10-11,13-14,16-19H2,1-4H3,(H,36,40)(H,41,42)/t20-,23-,24-,25-,26-,31+,33-,34-,35-/m0/s1. The molecule has 0 aromatic carbocycles. The monoisotopic (exact) mass is 643 g/mol. The number of aliphatic hydroxyl groups is 2. The van der Waals surface area contributed by atoms with Crippen LogP contribution in [-0.2, 0) is 33.4 Å². The molecule has 9 atom stereocenters. The van der Waals surface area contributed by atoms with Gasteiger partial charge in [-0.1, -0.05) is 25.5 Å². The third kappa shape index (κ3) is 6.34. The number of ether oxygens (including phenoxy) is 2. The molecule has 0 bridgehead atoms. The van der Waals surface area contributed by atoms with Crippen LogP contribution in [-0.4, -0.2) is 81.3 Å². The van der Waals surface area contributed by atoms with E-state index < -0.39 is 64.4 Å². The van der Waals surface area contributed by atoms with Gasteiger partial charge in [0.25, 0.3) is 0 Å². The number of aliphatic carboxylic acids is 1. The summed E-state index contributed by atoms with van der Waals surface area (Å²) in [5, 5.41) is 35.6. The molecule has 0 radical (unpaired) electrons. The van der Waals surface area contributed by atoms with Crippen molar-refractivity contribution in [3.8, 4) is 0 Å². The van der Waals surface area contributed by atoms with Crippen LogP contribution >= 0.6 is 0 Å². The highest BCUT2D eigenvalue weighted by Crippen LogP contribution is 2.67. The van der Waals surface area contributed by atoms with Crippen LogP contribution in [0.3, 0.4) is 0 Å². The number of ketones is 2. The Bertz CT molecular complexity index is 1340. The first-order chi connectivity index (χ1) is 21.5. The molecule has 254 valence electrons. The maximum Gasteiger partial charge on any atom is 0.306 e. The molecular weight excluding hydrogens is 594 g/mol. The van der Waals surface area contributed by atoms with E-state index in [4.69, 9.17) is 9.47 Å². The largest absolute Gasteiger partial charge is 0.481 e. The molecule has 1 saturated heterocycles. The summed E-state index contributed by atoms with van der Waals surface area (Å²) in [5.74, 6) is -3.14. The van der Waals surface area contributed by atoms with Crippen LogP contribution in [0.5, 0.6) is 0 Å². The number of carboxylic acids is 1. The van der Waals surface area contributed by atoms with Crippen molar-refractivity contribution in [3.05, 3.63) is 23.8 Å². The summed E-state index contributed by atoms with van der Waals surface area (Å²) in [7, 11) is 0. The number of amides is 1. The maximum absolute atomic E-state index is 13.5. The minimum atomic E-state index is -1.78. The molecule has 0 aromatic heterocycles. The molecule has 1 amide bonds. The van der Waals surface area contributed by atoms with E-state index in [2.05, 4.69) is 12.2 Å². The van der Waals surface area contributed by atoms with Gasteiger partial charge >= 0.3 is 11.9 Å². The van der Waals surface area contributed by atoms with Crippen molar-refractivity contribution in [2.75, 3.05) is 13.2 Å². The number of fused-ring (bicyclic) bond motifs is 5. The molecule has 5 rings (SSSR count). The molecule has 0 spiro atoms. The van der Waals surface area contributed by atoms with Crippen LogP contribution < -0.4 is 5.32 Å². The summed E-state index contributed by atoms with van der Waals surface area (Å²) < 4.78 is 11.0. The van der Waals surface area contributed by atoms with Crippen LogP contribution in [0.1, 0.15) is 91.9 Å². The number of allylic oxidation sites excluding steroid dienone is 4. The molecule has 4 fully saturated rings. The molecular formula is C35H49NO10. The van der Waals surface area contributed by atoms with E-state index in [9.17, 15) is 39.3 Å². The van der Waals surface area contributed by atoms with Gasteiger partial charge in [-0.05, 0) is 88.7 Å². The van der Waals surface area contributed by atoms with Crippen molar-refractivity contribution in [3.63, 3.8) is 0 Å². The summed E-state index contributed by atoms with van der Waals surface area (Å²) in [5.41, 5.74) is -2.56. The Balaban J connectivity index is 1.16. The zero-order valence-electron chi connectivity index (χ0n) is 27.4. The molecule has 46 heavy (non-hydrogen) atoms. The van der Waals surface area contributed by atoms with Crippen LogP contribution in [0.2, 0.25) is 0 Å². The Kier molecular flexibility index (Phi) is 9.45. The van der Waals surface area contributed by atoms with Gasteiger partial charge < -0.3 is 30.1 Å². The van der Waals surface area contributed by atoms with Gasteiger partial charge in [-0.15, -0.1) is 0 Å². The van der Waals surface area contributed by atoms with Crippen molar-refractivity contribution >= 4 is 29.4 Å². The zero-order chi connectivity index (χ0) is 33.7. The maximum atomic E-state index is 13.5. The number of nitrogens with one attached hydrogen (secondary N) is 1. The number of esters is 1.